The number of anilines is 5. The molecule has 5 rings (SSSR count). The Morgan fingerprint density at radius 1 is 0.864 bits per heavy atom. The maximum Gasteiger partial charge on any atom is 0.263 e. The molecule has 0 bridgehead atoms. The van der Waals surface area contributed by atoms with E-state index >= 15 is 0 Å². The average Bonchev–Trinajstić information content (AvgIpc) is 3.00. The molecule has 226 valence electrons. The second-order valence-electron chi connectivity index (χ2n) is 10.2. The first-order chi connectivity index (χ1) is 21.1. The van der Waals surface area contributed by atoms with E-state index in [1.54, 1.807) is 36.4 Å². The van der Waals surface area contributed by atoms with Gasteiger partial charge in [0.2, 0.25) is 5.91 Å². The molecule has 5 aromatic rings. The van der Waals surface area contributed by atoms with Crippen LogP contribution in [0.1, 0.15) is 25.3 Å². The summed E-state index contributed by atoms with van der Waals surface area (Å²) in [7, 11) is -2.71. The highest BCUT2D eigenvalue weighted by atomic mass is 32.2. The van der Waals surface area contributed by atoms with Crippen LogP contribution in [-0.4, -0.2) is 43.1 Å². The summed E-state index contributed by atoms with van der Waals surface area (Å²) in [6.07, 6.45) is 0. The number of benzene rings is 4. The van der Waals surface area contributed by atoms with Crippen LogP contribution in [0.5, 0.6) is 11.5 Å². The zero-order chi connectivity index (χ0) is 31.3. The summed E-state index contributed by atoms with van der Waals surface area (Å²) in [5.74, 6) is 0.328. The molecule has 0 saturated heterocycles. The molecule has 0 aliphatic heterocycles. The van der Waals surface area contributed by atoms with Gasteiger partial charge in [0.1, 0.15) is 11.5 Å². The van der Waals surface area contributed by atoms with E-state index in [4.69, 9.17) is 4.74 Å². The van der Waals surface area contributed by atoms with E-state index in [0.29, 0.717) is 28.2 Å². The van der Waals surface area contributed by atoms with Crippen LogP contribution in [0.4, 0.5) is 28.7 Å². The number of aromatic hydroxyl groups is 1. The monoisotopic (exact) mass is 612 g/mol. The second kappa shape index (κ2) is 12.9. The van der Waals surface area contributed by atoms with Gasteiger partial charge >= 0.3 is 0 Å². The number of nitrogens with one attached hydrogen (secondary N) is 4. The molecule has 1 heterocycles. The maximum absolute atomic E-state index is 13.6. The molecule has 1 amide bonds. The molecule has 0 saturated carbocycles. The van der Waals surface area contributed by atoms with Crippen LogP contribution in [0.25, 0.3) is 11.0 Å². The lowest BCUT2D eigenvalue weighted by Crippen LogP contribution is -2.22. The predicted octanol–water partition coefficient (Wildman–Crippen LogP) is 6.06. The number of carbonyl (C=O) groups excluding carboxylic acids is 1. The van der Waals surface area contributed by atoms with Crippen molar-refractivity contribution in [1.29, 1.82) is 0 Å². The van der Waals surface area contributed by atoms with Gasteiger partial charge < -0.3 is 25.8 Å². The Kier molecular flexibility index (Phi) is 8.81. The van der Waals surface area contributed by atoms with Gasteiger partial charge in [-0.15, -0.1) is 0 Å². The third-order valence-electron chi connectivity index (χ3n) is 6.64. The molecule has 0 unspecified atom stereocenters. The van der Waals surface area contributed by atoms with Crippen molar-refractivity contribution in [2.24, 2.45) is 0 Å². The summed E-state index contributed by atoms with van der Waals surface area (Å²) in [6, 6.07) is 25.2. The fourth-order valence-corrected chi connectivity index (χ4v) is 5.59. The molecule has 0 aliphatic rings. The predicted molar refractivity (Wildman–Crippen MR) is 172 cm³/mol. The molecular formula is C32H32N6O5S. The maximum atomic E-state index is 13.6. The minimum atomic E-state index is -4.18. The number of ether oxygens (including phenoxy) is 1. The Bertz CT molecular complexity index is 1930. The number of amides is 1. The van der Waals surface area contributed by atoms with Gasteiger partial charge in [-0.2, -0.15) is 0 Å². The molecular weight excluding hydrogens is 580 g/mol. The van der Waals surface area contributed by atoms with Crippen LogP contribution in [0.15, 0.2) is 95.9 Å². The smallest absolute Gasteiger partial charge is 0.263 e. The first-order valence-corrected chi connectivity index (χ1v) is 15.3. The number of methoxy groups -OCH3 is 1. The summed E-state index contributed by atoms with van der Waals surface area (Å²) in [5, 5.41) is 19.0. The Morgan fingerprint density at radius 2 is 1.57 bits per heavy atom. The van der Waals surface area contributed by atoms with Crippen molar-refractivity contribution < 1.29 is 23.1 Å². The largest absolute Gasteiger partial charge is 0.508 e. The highest BCUT2D eigenvalue weighted by Crippen LogP contribution is 2.31. The van der Waals surface area contributed by atoms with E-state index in [1.807, 2.05) is 24.3 Å². The number of phenols is 1. The molecule has 44 heavy (non-hydrogen) atoms. The highest BCUT2D eigenvalue weighted by Gasteiger charge is 2.20. The highest BCUT2D eigenvalue weighted by molar-refractivity contribution is 7.92. The van der Waals surface area contributed by atoms with Gasteiger partial charge in [-0.3, -0.25) is 9.52 Å². The SMILES string of the molecule is COc1cc(O)cc(Nc2nc3ccccc3nc2NS(=O)(=O)c2cccc(NC(=O)CNc3ccccc3C(C)C)c2)c1. The van der Waals surface area contributed by atoms with Gasteiger partial charge in [0.25, 0.3) is 10.0 Å². The summed E-state index contributed by atoms with van der Waals surface area (Å²) in [4.78, 5) is 21.7. The standard InChI is InChI=1S/C32H32N6O5S/c1-20(2)26-11-4-5-12-27(26)33-19-30(40)34-21-9-8-10-25(17-21)44(41,42)38-32-31(36-28-13-6-7-14-29(28)37-32)35-22-15-23(39)18-24(16-22)43-3/h4-18,20,33,39H,19H2,1-3H3,(H,34,40)(H,35,36)(H,37,38). The fourth-order valence-electron chi connectivity index (χ4n) is 4.54. The molecule has 0 radical (unpaired) electrons. The normalized spacial score (nSPS) is 11.3. The Labute approximate surface area is 255 Å². The number of sulfonamides is 1. The van der Waals surface area contributed by atoms with E-state index in [0.717, 1.165) is 11.3 Å². The molecule has 0 atom stereocenters. The van der Waals surface area contributed by atoms with Crippen molar-refractivity contribution in [3.05, 3.63) is 96.6 Å². The van der Waals surface area contributed by atoms with Crippen LogP contribution in [0.3, 0.4) is 0 Å². The molecule has 0 spiro atoms. The minimum absolute atomic E-state index is 0.000491. The topological polar surface area (TPSA) is 155 Å². The van der Waals surface area contributed by atoms with Crippen molar-refractivity contribution in [3.63, 3.8) is 0 Å². The van der Waals surface area contributed by atoms with Gasteiger partial charge in [-0.05, 0) is 47.9 Å². The van der Waals surface area contributed by atoms with E-state index in [9.17, 15) is 18.3 Å². The van der Waals surface area contributed by atoms with E-state index in [-0.39, 0.29) is 40.7 Å². The number of phenolic OH excluding ortho intramolecular Hbond substituents is 1. The van der Waals surface area contributed by atoms with Crippen molar-refractivity contribution in [3.8, 4) is 11.5 Å². The molecule has 0 fully saturated rings. The molecule has 5 N–H and O–H groups in total. The number of para-hydroxylation sites is 3. The van der Waals surface area contributed by atoms with Crippen molar-refractivity contribution in [2.45, 2.75) is 24.7 Å². The molecule has 11 nitrogen and oxygen atoms in total. The zero-order valence-corrected chi connectivity index (χ0v) is 25.1. The number of nitrogens with zero attached hydrogens (tertiary/aromatic N) is 2. The van der Waals surface area contributed by atoms with E-state index in [2.05, 4.69) is 44.5 Å². The van der Waals surface area contributed by atoms with E-state index < -0.39 is 10.0 Å². The number of fused-ring (bicyclic) bond motifs is 1. The third kappa shape index (κ3) is 7.16. The van der Waals surface area contributed by atoms with Crippen molar-refractivity contribution in [1.82, 2.24) is 9.97 Å². The minimum Gasteiger partial charge on any atom is -0.508 e. The van der Waals surface area contributed by atoms with Crippen LogP contribution in [-0.2, 0) is 14.8 Å². The van der Waals surface area contributed by atoms with Crippen LogP contribution in [0.2, 0.25) is 0 Å². The van der Waals surface area contributed by atoms with Gasteiger partial charge in [0.05, 0.1) is 29.6 Å². The zero-order valence-electron chi connectivity index (χ0n) is 24.3. The quantitative estimate of drug-likeness (QED) is 0.120. The van der Waals surface area contributed by atoms with Crippen LogP contribution < -0.4 is 25.4 Å². The fraction of sp³-hybridized carbons (Fsp3) is 0.156. The van der Waals surface area contributed by atoms with Crippen LogP contribution in [0, 0.1) is 0 Å². The molecule has 12 heteroatoms. The average molecular weight is 613 g/mol. The summed E-state index contributed by atoms with van der Waals surface area (Å²) in [5.41, 5.74) is 3.67. The van der Waals surface area contributed by atoms with Gasteiger partial charge in [0.15, 0.2) is 11.6 Å². The number of carbonyl (C=O) groups is 1. The van der Waals surface area contributed by atoms with Crippen LogP contribution >= 0.6 is 0 Å². The number of hydrogen-bond donors (Lipinski definition) is 5. The second-order valence-corrected chi connectivity index (χ2v) is 11.9. The number of rotatable bonds is 11. The number of aromatic nitrogens is 2. The summed E-state index contributed by atoms with van der Waals surface area (Å²) >= 11 is 0. The molecule has 0 aliphatic carbocycles. The first kappa shape index (κ1) is 30.1. The lowest BCUT2D eigenvalue weighted by Gasteiger charge is -2.15. The Balaban J connectivity index is 1.37. The number of hydrogen-bond acceptors (Lipinski definition) is 9. The van der Waals surface area contributed by atoms with Crippen molar-refractivity contribution >= 4 is 55.7 Å². The lowest BCUT2D eigenvalue weighted by atomic mass is 10.0. The van der Waals surface area contributed by atoms with E-state index in [1.165, 1.54) is 37.4 Å². The van der Waals surface area contributed by atoms with Gasteiger partial charge in [-0.1, -0.05) is 50.2 Å². The molecule has 4 aromatic carbocycles. The van der Waals surface area contributed by atoms with Crippen molar-refractivity contribution in [2.75, 3.05) is 34.3 Å². The lowest BCUT2D eigenvalue weighted by molar-refractivity contribution is -0.114. The third-order valence-corrected chi connectivity index (χ3v) is 7.98. The first-order valence-electron chi connectivity index (χ1n) is 13.8. The summed E-state index contributed by atoms with van der Waals surface area (Å²) < 4.78 is 34.9. The molecule has 1 aromatic heterocycles. The van der Waals surface area contributed by atoms with Gasteiger partial charge in [-0.25, -0.2) is 18.4 Å². The Morgan fingerprint density at radius 3 is 2.30 bits per heavy atom. The van der Waals surface area contributed by atoms with Gasteiger partial charge in [0, 0.05) is 35.3 Å². The summed E-state index contributed by atoms with van der Waals surface area (Å²) in [6.45, 7) is 4.15. The Hall–Kier alpha value is -5.36.